The Labute approximate surface area is 109 Å². The molecule has 19 heavy (non-hydrogen) atoms. The standard InChI is InChI=1S/C13H11N3O3/c14-16(9-4-2-1-3-5-9)12(17)10-6-7-15-8-11(10)13(18)19/h1-8H,14H2,(H,18,19). The lowest BCUT2D eigenvalue weighted by Crippen LogP contribution is -2.38. The van der Waals surface area contributed by atoms with Gasteiger partial charge in [-0.15, -0.1) is 0 Å². The number of para-hydroxylation sites is 1. The predicted molar refractivity (Wildman–Crippen MR) is 68.6 cm³/mol. The molecular formula is C13H11N3O3. The first kappa shape index (κ1) is 12.7. The Morgan fingerprint density at radius 1 is 1.11 bits per heavy atom. The molecule has 1 aromatic heterocycles. The van der Waals surface area contributed by atoms with Crippen molar-refractivity contribution in [3.63, 3.8) is 0 Å². The summed E-state index contributed by atoms with van der Waals surface area (Å²) in [5.74, 6) is 3.88. The number of aromatic carboxylic acids is 1. The Balaban J connectivity index is 2.38. The number of carbonyl (C=O) groups is 2. The number of anilines is 1. The van der Waals surface area contributed by atoms with E-state index in [1.165, 1.54) is 12.3 Å². The number of carbonyl (C=O) groups excluding carboxylic acids is 1. The number of hydrazine groups is 1. The van der Waals surface area contributed by atoms with Gasteiger partial charge in [0.15, 0.2) is 0 Å². The number of hydrogen-bond acceptors (Lipinski definition) is 4. The molecule has 0 radical (unpaired) electrons. The predicted octanol–water partition coefficient (Wildman–Crippen LogP) is 1.30. The maximum Gasteiger partial charge on any atom is 0.338 e. The fourth-order valence-electron chi connectivity index (χ4n) is 1.59. The SMILES string of the molecule is NN(C(=O)c1ccncc1C(=O)O)c1ccccc1. The number of nitrogens with zero attached hydrogens (tertiary/aromatic N) is 2. The maximum atomic E-state index is 12.2. The number of nitrogens with two attached hydrogens (primary N) is 1. The van der Waals surface area contributed by atoms with E-state index in [2.05, 4.69) is 4.98 Å². The van der Waals surface area contributed by atoms with Gasteiger partial charge in [-0.2, -0.15) is 0 Å². The lowest BCUT2D eigenvalue weighted by Gasteiger charge is -2.17. The largest absolute Gasteiger partial charge is 0.478 e. The highest BCUT2D eigenvalue weighted by Crippen LogP contribution is 2.15. The minimum atomic E-state index is -1.22. The topological polar surface area (TPSA) is 96.5 Å². The van der Waals surface area contributed by atoms with Gasteiger partial charge >= 0.3 is 5.97 Å². The van der Waals surface area contributed by atoms with Crippen molar-refractivity contribution >= 4 is 17.6 Å². The van der Waals surface area contributed by atoms with Crippen LogP contribution in [0.25, 0.3) is 0 Å². The van der Waals surface area contributed by atoms with E-state index in [0.29, 0.717) is 5.69 Å². The van der Waals surface area contributed by atoms with Crippen molar-refractivity contribution in [2.24, 2.45) is 5.84 Å². The number of pyridine rings is 1. The van der Waals surface area contributed by atoms with Gasteiger partial charge in [-0.3, -0.25) is 9.78 Å². The molecule has 0 bridgehead atoms. The second kappa shape index (κ2) is 5.28. The molecule has 96 valence electrons. The fraction of sp³-hybridized carbons (Fsp3) is 0. The van der Waals surface area contributed by atoms with Crippen molar-refractivity contribution in [1.29, 1.82) is 0 Å². The molecule has 2 rings (SSSR count). The van der Waals surface area contributed by atoms with E-state index in [0.717, 1.165) is 11.2 Å². The number of carboxylic acid groups (broad SMARTS) is 1. The van der Waals surface area contributed by atoms with Crippen LogP contribution in [0.3, 0.4) is 0 Å². The molecule has 1 aromatic carbocycles. The first-order valence-corrected chi connectivity index (χ1v) is 5.43. The molecule has 2 aromatic rings. The molecule has 0 aliphatic heterocycles. The summed E-state index contributed by atoms with van der Waals surface area (Å²) in [4.78, 5) is 26.9. The van der Waals surface area contributed by atoms with Crippen LogP contribution in [-0.4, -0.2) is 22.0 Å². The molecule has 0 spiro atoms. The fourth-order valence-corrected chi connectivity index (χ4v) is 1.59. The van der Waals surface area contributed by atoms with Crippen LogP contribution in [0.15, 0.2) is 48.8 Å². The van der Waals surface area contributed by atoms with Gasteiger partial charge in [0.2, 0.25) is 0 Å². The first-order chi connectivity index (χ1) is 9.11. The Kier molecular flexibility index (Phi) is 3.53. The molecule has 0 aliphatic rings. The minimum absolute atomic E-state index is 0.00569. The molecule has 3 N–H and O–H groups in total. The van der Waals surface area contributed by atoms with Crippen LogP contribution < -0.4 is 10.9 Å². The lowest BCUT2D eigenvalue weighted by atomic mass is 10.1. The molecule has 0 atom stereocenters. The van der Waals surface area contributed by atoms with E-state index >= 15 is 0 Å². The third kappa shape index (κ3) is 2.58. The third-order valence-corrected chi connectivity index (χ3v) is 2.54. The van der Waals surface area contributed by atoms with Crippen LogP contribution in [0.2, 0.25) is 0 Å². The molecule has 6 heteroatoms. The monoisotopic (exact) mass is 257 g/mol. The maximum absolute atomic E-state index is 12.2. The van der Waals surface area contributed by atoms with Crippen molar-refractivity contribution < 1.29 is 14.7 Å². The molecule has 1 amide bonds. The zero-order chi connectivity index (χ0) is 13.8. The zero-order valence-corrected chi connectivity index (χ0v) is 9.85. The summed E-state index contributed by atoms with van der Waals surface area (Å²) in [6.45, 7) is 0. The number of hydrogen-bond donors (Lipinski definition) is 2. The summed E-state index contributed by atoms with van der Waals surface area (Å²) >= 11 is 0. The van der Waals surface area contributed by atoms with Crippen molar-refractivity contribution in [2.45, 2.75) is 0 Å². The van der Waals surface area contributed by atoms with Crippen LogP contribution in [0.4, 0.5) is 5.69 Å². The highest BCUT2D eigenvalue weighted by atomic mass is 16.4. The normalized spacial score (nSPS) is 9.95. The molecule has 0 aliphatic carbocycles. The molecule has 0 saturated heterocycles. The minimum Gasteiger partial charge on any atom is -0.478 e. The summed E-state index contributed by atoms with van der Waals surface area (Å²) in [6.07, 6.45) is 2.47. The van der Waals surface area contributed by atoms with E-state index in [1.807, 2.05) is 0 Å². The number of benzene rings is 1. The van der Waals surface area contributed by atoms with Gasteiger partial charge in [0.1, 0.15) is 0 Å². The highest BCUT2D eigenvalue weighted by Gasteiger charge is 2.20. The van der Waals surface area contributed by atoms with Gasteiger partial charge in [0.05, 0.1) is 16.8 Å². The Bertz CT molecular complexity index is 614. The van der Waals surface area contributed by atoms with E-state index in [9.17, 15) is 9.59 Å². The van der Waals surface area contributed by atoms with Crippen LogP contribution >= 0.6 is 0 Å². The average molecular weight is 257 g/mol. The third-order valence-electron chi connectivity index (χ3n) is 2.54. The van der Waals surface area contributed by atoms with Gasteiger partial charge < -0.3 is 5.11 Å². The molecule has 0 fully saturated rings. The Morgan fingerprint density at radius 2 is 1.79 bits per heavy atom. The Hall–Kier alpha value is -2.73. The number of amides is 1. The van der Waals surface area contributed by atoms with E-state index in [1.54, 1.807) is 30.3 Å². The average Bonchev–Trinajstić information content (AvgIpc) is 2.46. The van der Waals surface area contributed by atoms with Gasteiger partial charge in [-0.05, 0) is 18.2 Å². The van der Waals surface area contributed by atoms with Crippen molar-refractivity contribution in [2.75, 3.05) is 5.01 Å². The molecular weight excluding hydrogens is 246 g/mol. The van der Waals surface area contributed by atoms with E-state index in [-0.39, 0.29) is 11.1 Å². The van der Waals surface area contributed by atoms with Crippen molar-refractivity contribution in [3.05, 3.63) is 59.9 Å². The van der Waals surface area contributed by atoms with Crippen LogP contribution in [0.5, 0.6) is 0 Å². The van der Waals surface area contributed by atoms with Crippen LogP contribution in [0, 0.1) is 0 Å². The molecule has 6 nitrogen and oxygen atoms in total. The second-order valence-electron chi connectivity index (χ2n) is 3.74. The highest BCUT2D eigenvalue weighted by molar-refractivity contribution is 6.11. The summed E-state index contributed by atoms with van der Waals surface area (Å²) in [5, 5.41) is 9.92. The zero-order valence-electron chi connectivity index (χ0n) is 9.85. The van der Waals surface area contributed by atoms with E-state index in [4.69, 9.17) is 10.9 Å². The first-order valence-electron chi connectivity index (χ1n) is 5.43. The quantitative estimate of drug-likeness (QED) is 0.490. The summed E-state index contributed by atoms with van der Waals surface area (Å²) in [5.41, 5.74) is 0.286. The number of carboxylic acids is 1. The van der Waals surface area contributed by atoms with Gasteiger partial charge in [0.25, 0.3) is 5.91 Å². The van der Waals surface area contributed by atoms with Crippen LogP contribution in [0.1, 0.15) is 20.7 Å². The van der Waals surface area contributed by atoms with E-state index < -0.39 is 11.9 Å². The van der Waals surface area contributed by atoms with Gasteiger partial charge in [0, 0.05) is 12.4 Å². The van der Waals surface area contributed by atoms with Crippen molar-refractivity contribution in [1.82, 2.24) is 4.98 Å². The Morgan fingerprint density at radius 3 is 2.42 bits per heavy atom. The van der Waals surface area contributed by atoms with Crippen LogP contribution in [-0.2, 0) is 0 Å². The van der Waals surface area contributed by atoms with Gasteiger partial charge in [-0.25, -0.2) is 15.6 Å². The number of rotatable bonds is 3. The lowest BCUT2D eigenvalue weighted by molar-refractivity contribution is 0.0691. The summed E-state index contributed by atoms with van der Waals surface area (Å²) in [6, 6.07) is 9.88. The molecule has 1 heterocycles. The summed E-state index contributed by atoms with van der Waals surface area (Å²) in [7, 11) is 0. The second-order valence-corrected chi connectivity index (χ2v) is 3.74. The smallest absolute Gasteiger partial charge is 0.338 e. The van der Waals surface area contributed by atoms with Gasteiger partial charge in [-0.1, -0.05) is 18.2 Å². The summed E-state index contributed by atoms with van der Waals surface area (Å²) < 4.78 is 0. The molecule has 0 unspecified atom stereocenters. The molecule has 0 saturated carbocycles. The number of aromatic nitrogens is 1. The van der Waals surface area contributed by atoms with Crippen molar-refractivity contribution in [3.8, 4) is 0 Å².